The van der Waals surface area contributed by atoms with E-state index in [1.165, 1.54) is 57.9 Å². The van der Waals surface area contributed by atoms with Gasteiger partial charge in [-0.1, -0.05) is 23.5 Å². The van der Waals surface area contributed by atoms with E-state index in [9.17, 15) is 17.6 Å². The van der Waals surface area contributed by atoms with Crippen LogP contribution < -0.4 is 4.90 Å². The molecule has 2 aromatic carbocycles. The molecule has 4 rings (SSSR count). The molecule has 0 bridgehead atoms. The minimum atomic E-state index is -3.68. The maximum absolute atomic E-state index is 14.3. The van der Waals surface area contributed by atoms with Crippen molar-refractivity contribution in [3.8, 4) is 0 Å². The van der Waals surface area contributed by atoms with Crippen molar-refractivity contribution in [2.45, 2.75) is 31.3 Å². The first-order valence-corrected chi connectivity index (χ1v) is 12.8. The summed E-state index contributed by atoms with van der Waals surface area (Å²) in [7, 11) is -2.16. The SMILES string of the molecule is CC(C)N(C)S(=O)(=O)c1ccc(C(=O)N(Cc2ccccn2)c2nc3c(F)cccc3s2)cc1. The quantitative estimate of drug-likeness (QED) is 0.369. The molecule has 0 N–H and O–H groups in total. The largest absolute Gasteiger partial charge is 0.278 e. The van der Waals surface area contributed by atoms with E-state index in [0.29, 0.717) is 15.5 Å². The summed E-state index contributed by atoms with van der Waals surface area (Å²) in [5.74, 6) is -0.861. The van der Waals surface area contributed by atoms with Crippen LogP contribution in [-0.4, -0.2) is 41.7 Å². The molecule has 0 spiro atoms. The van der Waals surface area contributed by atoms with Gasteiger partial charge in [0.15, 0.2) is 5.13 Å². The molecule has 0 aliphatic heterocycles. The van der Waals surface area contributed by atoms with Gasteiger partial charge < -0.3 is 0 Å². The molecule has 0 aliphatic carbocycles. The molecule has 10 heteroatoms. The number of amides is 1. The van der Waals surface area contributed by atoms with Crippen LogP contribution in [0.15, 0.2) is 71.8 Å². The van der Waals surface area contributed by atoms with Crippen LogP contribution in [-0.2, 0) is 16.6 Å². The van der Waals surface area contributed by atoms with Gasteiger partial charge in [0.05, 0.1) is 21.8 Å². The van der Waals surface area contributed by atoms with Gasteiger partial charge in [0, 0.05) is 24.8 Å². The standard InChI is InChI=1S/C24H23FN4O3S2/c1-16(2)28(3)34(31,32)19-12-10-17(11-13-19)23(30)29(15-18-7-4-5-14-26-18)24-27-22-20(25)8-6-9-21(22)33-24/h4-14,16H,15H2,1-3H3. The number of halogens is 1. The van der Waals surface area contributed by atoms with Crippen LogP contribution >= 0.6 is 11.3 Å². The van der Waals surface area contributed by atoms with E-state index in [2.05, 4.69) is 9.97 Å². The van der Waals surface area contributed by atoms with E-state index in [1.807, 2.05) is 6.07 Å². The number of thiazole rings is 1. The number of carbonyl (C=O) groups excluding carboxylic acids is 1. The zero-order chi connectivity index (χ0) is 24.5. The zero-order valence-electron chi connectivity index (χ0n) is 18.8. The number of hydrogen-bond acceptors (Lipinski definition) is 6. The molecule has 0 saturated carbocycles. The highest BCUT2D eigenvalue weighted by molar-refractivity contribution is 7.89. The molecule has 0 aliphatic rings. The maximum Gasteiger partial charge on any atom is 0.260 e. The van der Waals surface area contributed by atoms with Gasteiger partial charge in [-0.15, -0.1) is 0 Å². The monoisotopic (exact) mass is 498 g/mol. The van der Waals surface area contributed by atoms with E-state index >= 15 is 0 Å². The fourth-order valence-electron chi connectivity index (χ4n) is 3.27. The van der Waals surface area contributed by atoms with Crippen LogP contribution in [0.2, 0.25) is 0 Å². The summed E-state index contributed by atoms with van der Waals surface area (Å²) < 4.78 is 41.7. The number of para-hydroxylation sites is 1. The van der Waals surface area contributed by atoms with Crippen molar-refractivity contribution < 1.29 is 17.6 Å². The van der Waals surface area contributed by atoms with Gasteiger partial charge in [0.2, 0.25) is 10.0 Å². The third kappa shape index (κ3) is 4.70. The molecule has 4 aromatic rings. The number of nitrogens with zero attached hydrogens (tertiary/aromatic N) is 4. The Balaban J connectivity index is 1.71. The topological polar surface area (TPSA) is 83.5 Å². The van der Waals surface area contributed by atoms with Gasteiger partial charge in [-0.2, -0.15) is 4.31 Å². The molecule has 176 valence electrons. The number of sulfonamides is 1. The second-order valence-electron chi connectivity index (χ2n) is 7.93. The molecule has 0 atom stereocenters. The normalized spacial score (nSPS) is 11.9. The Morgan fingerprint density at radius 2 is 1.79 bits per heavy atom. The van der Waals surface area contributed by atoms with Crippen LogP contribution in [0.4, 0.5) is 9.52 Å². The lowest BCUT2D eigenvalue weighted by atomic mass is 10.2. The summed E-state index contributed by atoms with van der Waals surface area (Å²) in [5.41, 5.74) is 1.11. The number of aromatic nitrogens is 2. The minimum absolute atomic E-state index is 0.0959. The Morgan fingerprint density at radius 1 is 1.06 bits per heavy atom. The summed E-state index contributed by atoms with van der Waals surface area (Å²) in [5, 5.41) is 0.326. The molecule has 2 heterocycles. The maximum atomic E-state index is 14.3. The van der Waals surface area contributed by atoms with Crippen molar-refractivity contribution in [3.63, 3.8) is 0 Å². The Morgan fingerprint density at radius 3 is 2.41 bits per heavy atom. The van der Waals surface area contributed by atoms with Crippen LogP contribution in [0.5, 0.6) is 0 Å². The number of benzene rings is 2. The minimum Gasteiger partial charge on any atom is -0.278 e. The summed E-state index contributed by atoms with van der Waals surface area (Å²) >= 11 is 1.20. The van der Waals surface area contributed by atoms with Crippen LogP contribution in [0.25, 0.3) is 10.2 Å². The molecular formula is C24H23FN4O3S2. The number of pyridine rings is 1. The van der Waals surface area contributed by atoms with E-state index < -0.39 is 21.7 Å². The highest BCUT2D eigenvalue weighted by atomic mass is 32.2. The van der Waals surface area contributed by atoms with Crippen LogP contribution in [0, 0.1) is 5.82 Å². The molecule has 0 unspecified atom stereocenters. The number of fused-ring (bicyclic) bond motifs is 1. The van der Waals surface area contributed by atoms with E-state index in [4.69, 9.17) is 0 Å². The Kier molecular flexibility index (Phi) is 6.74. The van der Waals surface area contributed by atoms with Gasteiger partial charge in [-0.05, 0) is 62.4 Å². The Bertz CT molecular complexity index is 1420. The fourth-order valence-corrected chi connectivity index (χ4v) is 5.61. The molecule has 1 amide bonds. The van der Waals surface area contributed by atoms with Gasteiger partial charge in [-0.3, -0.25) is 14.7 Å². The third-order valence-corrected chi connectivity index (χ3v) is 8.48. The smallest absolute Gasteiger partial charge is 0.260 e. The highest BCUT2D eigenvalue weighted by Gasteiger charge is 2.26. The van der Waals surface area contributed by atoms with Gasteiger partial charge in [-0.25, -0.2) is 17.8 Å². The fraction of sp³-hybridized carbons (Fsp3) is 0.208. The van der Waals surface area contributed by atoms with Crippen molar-refractivity contribution >= 4 is 42.6 Å². The lowest BCUT2D eigenvalue weighted by Crippen LogP contribution is -2.33. The molecule has 34 heavy (non-hydrogen) atoms. The molecule has 0 fully saturated rings. The second-order valence-corrected chi connectivity index (χ2v) is 10.9. The summed E-state index contributed by atoms with van der Waals surface area (Å²) in [4.78, 5) is 23.7. The summed E-state index contributed by atoms with van der Waals surface area (Å²) in [6.45, 7) is 3.69. The van der Waals surface area contributed by atoms with Crippen molar-refractivity contribution in [3.05, 3.63) is 83.9 Å². The van der Waals surface area contributed by atoms with Crippen molar-refractivity contribution in [2.75, 3.05) is 11.9 Å². The van der Waals surface area contributed by atoms with Crippen LogP contribution in [0.3, 0.4) is 0 Å². The molecular weight excluding hydrogens is 475 g/mol. The predicted molar refractivity (Wildman–Crippen MR) is 131 cm³/mol. The first-order valence-electron chi connectivity index (χ1n) is 10.5. The number of carbonyl (C=O) groups is 1. The van der Waals surface area contributed by atoms with E-state index in [-0.39, 0.29) is 28.6 Å². The highest BCUT2D eigenvalue weighted by Crippen LogP contribution is 2.32. The zero-order valence-corrected chi connectivity index (χ0v) is 20.5. The van der Waals surface area contributed by atoms with E-state index in [0.717, 1.165) is 0 Å². The number of anilines is 1. The van der Waals surface area contributed by atoms with E-state index in [1.54, 1.807) is 44.3 Å². The lowest BCUT2D eigenvalue weighted by molar-refractivity contribution is 0.0984. The average Bonchev–Trinajstić information content (AvgIpc) is 3.27. The van der Waals surface area contributed by atoms with Crippen LogP contribution in [0.1, 0.15) is 29.9 Å². The van der Waals surface area contributed by atoms with Gasteiger partial charge in [0.25, 0.3) is 5.91 Å². The van der Waals surface area contributed by atoms with Gasteiger partial charge in [0.1, 0.15) is 11.3 Å². The summed E-state index contributed by atoms with van der Waals surface area (Å²) in [6.07, 6.45) is 1.63. The Hall–Kier alpha value is -3.21. The second kappa shape index (κ2) is 9.57. The molecule has 2 aromatic heterocycles. The molecule has 7 nitrogen and oxygen atoms in total. The predicted octanol–water partition coefficient (Wildman–Crippen LogP) is 4.71. The van der Waals surface area contributed by atoms with Crippen molar-refractivity contribution in [2.24, 2.45) is 0 Å². The molecule has 0 saturated heterocycles. The third-order valence-electron chi connectivity index (χ3n) is 5.39. The van der Waals surface area contributed by atoms with Gasteiger partial charge >= 0.3 is 0 Å². The number of hydrogen-bond donors (Lipinski definition) is 0. The first-order chi connectivity index (χ1) is 16.2. The first kappa shape index (κ1) is 23.9. The lowest BCUT2D eigenvalue weighted by Gasteiger charge is -2.22. The molecule has 0 radical (unpaired) electrons. The van der Waals surface area contributed by atoms with Crippen molar-refractivity contribution in [1.29, 1.82) is 0 Å². The Labute approximate surface area is 201 Å². The van der Waals surface area contributed by atoms with Crippen molar-refractivity contribution in [1.82, 2.24) is 14.3 Å². The average molecular weight is 499 g/mol. The summed E-state index contributed by atoms with van der Waals surface area (Å²) in [6, 6.07) is 15.6. The number of rotatable bonds is 7.